The van der Waals surface area contributed by atoms with Crippen molar-refractivity contribution in [1.82, 2.24) is 10.6 Å². The standard InChI is InChI=1S/C17H26N2O2/c1-3-4-13(2)19-17(20)12-21-16-9-5-14(6-10-16)11-18-15-7-8-15/h5-6,9-10,13,15,18H,3-4,7-8,11-12H2,1-2H3,(H,19,20). The summed E-state index contributed by atoms with van der Waals surface area (Å²) in [5, 5.41) is 6.40. The lowest BCUT2D eigenvalue weighted by Gasteiger charge is -2.13. The van der Waals surface area contributed by atoms with Crippen LogP contribution < -0.4 is 15.4 Å². The molecule has 0 heterocycles. The summed E-state index contributed by atoms with van der Waals surface area (Å²) in [5.41, 5.74) is 1.25. The van der Waals surface area contributed by atoms with Crippen LogP contribution >= 0.6 is 0 Å². The molecule has 1 aromatic rings. The summed E-state index contributed by atoms with van der Waals surface area (Å²) in [6.07, 6.45) is 4.66. The third-order valence-corrected chi connectivity index (χ3v) is 3.59. The van der Waals surface area contributed by atoms with E-state index in [1.807, 2.05) is 31.2 Å². The Labute approximate surface area is 127 Å². The predicted octanol–water partition coefficient (Wildman–Crippen LogP) is 2.62. The van der Waals surface area contributed by atoms with E-state index in [1.54, 1.807) is 0 Å². The Morgan fingerprint density at radius 2 is 2.05 bits per heavy atom. The lowest BCUT2D eigenvalue weighted by atomic mass is 10.2. The van der Waals surface area contributed by atoms with Crippen molar-refractivity contribution in [2.75, 3.05) is 6.61 Å². The minimum Gasteiger partial charge on any atom is -0.484 e. The summed E-state index contributed by atoms with van der Waals surface area (Å²) in [6, 6.07) is 8.86. The highest BCUT2D eigenvalue weighted by Gasteiger charge is 2.19. The van der Waals surface area contributed by atoms with Crippen molar-refractivity contribution in [3.63, 3.8) is 0 Å². The second-order valence-corrected chi connectivity index (χ2v) is 5.85. The molecule has 0 saturated heterocycles. The van der Waals surface area contributed by atoms with Gasteiger partial charge in [0.05, 0.1) is 0 Å². The first-order valence-corrected chi connectivity index (χ1v) is 7.92. The van der Waals surface area contributed by atoms with Crippen LogP contribution in [-0.2, 0) is 11.3 Å². The number of ether oxygens (including phenoxy) is 1. The third-order valence-electron chi connectivity index (χ3n) is 3.59. The van der Waals surface area contributed by atoms with Crippen molar-refractivity contribution < 1.29 is 9.53 Å². The Morgan fingerprint density at radius 3 is 2.67 bits per heavy atom. The van der Waals surface area contributed by atoms with Crippen LogP contribution in [0.2, 0.25) is 0 Å². The number of nitrogens with one attached hydrogen (secondary N) is 2. The first-order chi connectivity index (χ1) is 10.2. The van der Waals surface area contributed by atoms with Gasteiger partial charge >= 0.3 is 0 Å². The van der Waals surface area contributed by atoms with Gasteiger partial charge in [0, 0.05) is 18.6 Å². The summed E-state index contributed by atoms with van der Waals surface area (Å²) in [4.78, 5) is 11.7. The molecule has 1 aliphatic carbocycles. The summed E-state index contributed by atoms with van der Waals surface area (Å²) in [5.74, 6) is 0.680. The maximum atomic E-state index is 11.7. The Kier molecular flexibility index (Phi) is 6.05. The van der Waals surface area contributed by atoms with E-state index in [0.29, 0.717) is 0 Å². The molecule has 1 aromatic carbocycles. The van der Waals surface area contributed by atoms with Crippen molar-refractivity contribution >= 4 is 5.91 Å². The molecule has 4 nitrogen and oxygen atoms in total. The fourth-order valence-corrected chi connectivity index (χ4v) is 2.22. The molecule has 1 fully saturated rings. The molecule has 2 rings (SSSR count). The van der Waals surface area contributed by atoms with Gasteiger partial charge in [-0.2, -0.15) is 0 Å². The number of hydrogen-bond donors (Lipinski definition) is 2. The number of amides is 1. The molecule has 0 bridgehead atoms. The van der Waals surface area contributed by atoms with Crippen molar-refractivity contribution in [2.24, 2.45) is 0 Å². The van der Waals surface area contributed by atoms with E-state index in [0.717, 1.165) is 31.2 Å². The number of benzene rings is 1. The number of rotatable bonds is 9. The van der Waals surface area contributed by atoms with E-state index in [1.165, 1.54) is 18.4 Å². The van der Waals surface area contributed by atoms with E-state index in [-0.39, 0.29) is 18.6 Å². The van der Waals surface area contributed by atoms with Gasteiger partial charge < -0.3 is 15.4 Å². The number of carbonyl (C=O) groups is 1. The maximum absolute atomic E-state index is 11.7. The molecular weight excluding hydrogens is 264 g/mol. The largest absolute Gasteiger partial charge is 0.484 e. The van der Waals surface area contributed by atoms with E-state index in [9.17, 15) is 4.79 Å². The normalized spacial score (nSPS) is 15.5. The van der Waals surface area contributed by atoms with Crippen LogP contribution in [0.4, 0.5) is 0 Å². The molecule has 1 aliphatic rings. The molecule has 1 amide bonds. The molecule has 0 aliphatic heterocycles. The zero-order valence-corrected chi connectivity index (χ0v) is 13.0. The smallest absolute Gasteiger partial charge is 0.258 e. The number of hydrogen-bond acceptors (Lipinski definition) is 3. The lowest BCUT2D eigenvalue weighted by Crippen LogP contribution is -2.35. The summed E-state index contributed by atoms with van der Waals surface area (Å²) in [7, 11) is 0. The molecule has 1 atom stereocenters. The molecule has 0 aromatic heterocycles. The quantitative estimate of drug-likeness (QED) is 0.735. The van der Waals surface area contributed by atoms with Gasteiger partial charge in [-0.25, -0.2) is 0 Å². The van der Waals surface area contributed by atoms with Crippen LogP contribution in [0, 0.1) is 0 Å². The average molecular weight is 290 g/mol. The summed E-state index contributed by atoms with van der Waals surface area (Å²) in [6.45, 7) is 5.11. The van der Waals surface area contributed by atoms with Gasteiger partial charge in [0.2, 0.25) is 0 Å². The van der Waals surface area contributed by atoms with Gasteiger partial charge in [-0.15, -0.1) is 0 Å². The van der Waals surface area contributed by atoms with E-state index < -0.39 is 0 Å². The second-order valence-electron chi connectivity index (χ2n) is 5.85. The molecule has 21 heavy (non-hydrogen) atoms. The van der Waals surface area contributed by atoms with Crippen molar-refractivity contribution in [2.45, 2.75) is 58.2 Å². The Bertz CT molecular complexity index is 441. The Balaban J connectivity index is 1.68. The first kappa shape index (κ1) is 15.8. The zero-order valence-electron chi connectivity index (χ0n) is 13.0. The Hall–Kier alpha value is -1.55. The highest BCUT2D eigenvalue weighted by atomic mass is 16.5. The van der Waals surface area contributed by atoms with E-state index in [4.69, 9.17) is 4.74 Å². The molecule has 1 saturated carbocycles. The minimum atomic E-state index is -0.0598. The summed E-state index contributed by atoms with van der Waals surface area (Å²) < 4.78 is 5.51. The topological polar surface area (TPSA) is 50.4 Å². The molecule has 2 N–H and O–H groups in total. The fraction of sp³-hybridized carbons (Fsp3) is 0.588. The molecule has 4 heteroatoms. The van der Waals surface area contributed by atoms with Crippen LogP contribution in [0.1, 0.15) is 45.1 Å². The van der Waals surface area contributed by atoms with Gasteiger partial charge in [0.25, 0.3) is 5.91 Å². The van der Waals surface area contributed by atoms with Gasteiger partial charge in [-0.05, 0) is 43.9 Å². The molecule has 116 valence electrons. The zero-order chi connectivity index (χ0) is 15.1. The SMILES string of the molecule is CCCC(C)NC(=O)COc1ccc(CNC2CC2)cc1. The third kappa shape index (κ3) is 6.17. The van der Waals surface area contributed by atoms with Crippen LogP contribution in [0.3, 0.4) is 0 Å². The molecule has 0 radical (unpaired) electrons. The van der Waals surface area contributed by atoms with Crippen molar-refractivity contribution in [1.29, 1.82) is 0 Å². The second kappa shape index (κ2) is 8.03. The van der Waals surface area contributed by atoms with Gasteiger partial charge in [0.1, 0.15) is 5.75 Å². The van der Waals surface area contributed by atoms with E-state index >= 15 is 0 Å². The summed E-state index contributed by atoms with van der Waals surface area (Å²) >= 11 is 0. The number of carbonyl (C=O) groups excluding carboxylic acids is 1. The highest BCUT2D eigenvalue weighted by molar-refractivity contribution is 5.77. The van der Waals surface area contributed by atoms with Crippen LogP contribution in [-0.4, -0.2) is 24.6 Å². The molecule has 1 unspecified atom stereocenters. The monoisotopic (exact) mass is 290 g/mol. The van der Waals surface area contributed by atoms with Crippen LogP contribution in [0.15, 0.2) is 24.3 Å². The van der Waals surface area contributed by atoms with Crippen molar-refractivity contribution in [3.05, 3.63) is 29.8 Å². The van der Waals surface area contributed by atoms with Gasteiger partial charge in [0.15, 0.2) is 6.61 Å². The Morgan fingerprint density at radius 1 is 1.33 bits per heavy atom. The first-order valence-electron chi connectivity index (χ1n) is 7.92. The van der Waals surface area contributed by atoms with Gasteiger partial charge in [-0.1, -0.05) is 25.5 Å². The maximum Gasteiger partial charge on any atom is 0.258 e. The van der Waals surface area contributed by atoms with Gasteiger partial charge in [-0.3, -0.25) is 4.79 Å². The minimum absolute atomic E-state index is 0.0598. The highest BCUT2D eigenvalue weighted by Crippen LogP contribution is 2.19. The molecule has 0 spiro atoms. The predicted molar refractivity (Wildman–Crippen MR) is 84.3 cm³/mol. The lowest BCUT2D eigenvalue weighted by molar-refractivity contribution is -0.123. The van der Waals surface area contributed by atoms with Crippen molar-refractivity contribution in [3.8, 4) is 5.75 Å². The van der Waals surface area contributed by atoms with E-state index in [2.05, 4.69) is 17.6 Å². The fourth-order valence-electron chi connectivity index (χ4n) is 2.22. The van der Waals surface area contributed by atoms with Crippen LogP contribution in [0.25, 0.3) is 0 Å². The average Bonchev–Trinajstić information content (AvgIpc) is 3.28. The van der Waals surface area contributed by atoms with Crippen LogP contribution in [0.5, 0.6) is 5.75 Å². The molecular formula is C17H26N2O2.